The summed E-state index contributed by atoms with van der Waals surface area (Å²) in [4.78, 5) is 4.11. The summed E-state index contributed by atoms with van der Waals surface area (Å²) < 4.78 is 26.0. The number of hydrogen-bond acceptors (Lipinski definition) is 2. The second kappa shape index (κ2) is 2.81. The van der Waals surface area contributed by atoms with Crippen LogP contribution in [0, 0.1) is 0 Å². The van der Waals surface area contributed by atoms with Crippen molar-refractivity contribution in [1.29, 1.82) is 0 Å². The van der Waals surface area contributed by atoms with E-state index in [1.165, 1.54) is 0 Å². The minimum atomic E-state index is -2.43. The maximum atomic E-state index is 7.04. The van der Waals surface area contributed by atoms with Gasteiger partial charge in [-0.15, -0.1) is 0 Å². The largest absolute Gasteiger partial charge is 0.496 e. The molecule has 0 amide bonds. The van der Waals surface area contributed by atoms with E-state index in [1.807, 2.05) is 6.07 Å². The van der Waals surface area contributed by atoms with E-state index in [-0.39, 0.29) is 0 Å². The van der Waals surface area contributed by atoms with Gasteiger partial charge in [-0.05, 0) is 24.3 Å². The fourth-order valence-electron chi connectivity index (χ4n) is 1.16. The summed E-state index contributed by atoms with van der Waals surface area (Å²) in [7, 11) is -2.43. The number of rotatable bonds is 1. The molecule has 60 valence electrons. The first-order chi connectivity index (χ1) is 7.06. The first-order valence-electron chi connectivity index (χ1n) is 5.09. The fourth-order valence-corrected chi connectivity index (χ4v) is 1.16. The van der Waals surface area contributed by atoms with Gasteiger partial charge in [-0.3, -0.25) is 4.98 Å². The summed E-state index contributed by atoms with van der Waals surface area (Å²) >= 11 is 0. The van der Waals surface area contributed by atoms with Crippen molar-refractivity contribution < 1.29 is 8.85 Å². The molecule has 0 saturated heterocycles. The van der Waals surface area contributed by atoms with Crippen LogP contribution in [0.2, 0.25) is 0 Å². The van der Waals surface area contributed by atoms with Crippen molar-refractivity contribution in [3.05, 3.63) is 36.5 Å². The van der Waals surface area contributed by atoms with Crippen molar-refractivity contribution in [2.45, 2.75) is 0 Å². The van der Waals surface area contributed by atoms with Crippen LogP contribution in [0.4, 0.5) is 0 Å². The van der Waals surface area contributed by atoms with Gasteiger partial charge in [-0.2, -0.15) is 0 Å². The molecule has 0 atom stereocenters. The summed E-state index contributed by atoms with van der Waals surface area (Å²) in [5.41, 5.74) is 0.722. The normalized spacial score (nSPS) is 14.8. The summed E-state index contributed by atoms with van der Waals surface area (Å²) in [5, 5.41) is 0.705. The number of pyridine rings is 1. The number of nitrogens with zero attached hydrogens (tertiary/aromatic N) is 1. The van der Waals surface area contributed by atoms with Crippen LogP contribution in [0.1, 0.15) is 4.11 Å². The van der Waals surface area contributed by atoms with E-state index in [0.29, 0.717) is 11.1 Å². The van der Waals surface area contributed by atoms with Crippen molar-refractivity contribution in [3.8, 4) is 5.75 Å². The monoisotopic (exact) mass is 162 g/mol. The molecule has 2 nitrogen and oxygen atoms in total. The molecule has 2 heteroatoms. The average molecular weight is 162 g/mol. The molecule has 0 bridgehead atoms. The lowest BCUT2D eigenvalue weighted by atomic mass is 10.2. The van der Waals surface area contributed by atoms with E-state index in [2.05, 4.69) is 4.98 Å². The van der Waals surface area contributed by atoms with Crippen molar-refractivity contribution >= 4 is 10.9 Å². The molecule has 1 heterocycles. The lowest BCUT2D eigenvalue weighted by Gasteiger charge is -2.02. The van der Waals surface area contributed by atoms with Gasteiger partial charge in [0.25, 0.3) is 0 Å². The number of benzene rings is 1. The van der Waals surface area contributed by atoms with E-state index >= 15 is 0 Å². The molecule has 1 aromatic carbocycles. The highest BCUT2D eigenvalue weighted by Crippen LogP contribution is 2.22. The Morgan fingerprint density at radius 3 is 3.25 bits per heavy atom. The summed E-state index contributed by atoms with van der Waals surface area (Å²) in [6.07, 6.45) is 1.65. The molecular weight excluding hydrogens is 150 g/mol. The first-order valence-corrected chi connectivity index (χ1v) is 3.59. The van der Waals surface area contributed by atoms with E-state index in [9.17, 15) is 0 Å². The molecule has 0 aliphatic heterocycles. The van der Waals surface area contributed by atoms with E-state index in [0.717, 1.165) is 5.52 Å². The molecule has 0 saturated carbocycles. The van der Waals surface area contributed by atoms with Gasteiger partial charge in [0.2, 0.25) is 0 Å². The fraction of sp³-hybridized carbons (Fsp3) is 0.100. The van der Waals surface area contributed by atoms with Gasteiger partial charge in [0.15, 0.2) is 0 Å². The van der Waals surface area contributed by atoms with E-state index in [4.69, 9.17) is 8.85 Å². The Morgan fingerprint density at radius 1 is 1.33 bits per heavy atom. The zero-order chi connectivity index (χ0) is 10.9. The van der Waals surface area contributed by atoms with Gasteiger partial charge in [0.05, 0.1) is 16.7 Å². The molecule has 1 aromatic heterocycles. The van der Waals surface area contributed by atoms with Gasteiger partial charge in [-0.1, -0.05) is 6.07 Å². The van der Waals surface area contributed by atoms with Crippen LogP contribution in [0.5, 0.6) is 5.75 Å². The Kier molecular flexibility index (Phi) is 1.04. The van der Waals surface area contributed by atoms with Gasteiger partial charge >= 0.3 is 0 Å². The Morgan fingerprint density at radius 2 is 2.33 bits per heavy atom. The third-order valence-electron chi connectivity index (χ3n) is 1.72. The summed E-state index contributed by atoms with van der Waals surface area (Å²) in [6, 6.07) is 8.67. The highest BCUT2D eigenvalue weighted by molar-refractivity contribution is 5.84. The van der Waals surface area contributed by atoms with Crippen LogP contribution in [0.3, 0.4) is 0 Å². The number of hydrogen-bond donors (Lipinski definition) is 0. The third kappa shape index (κ3) is 1.01. The molecule has 2 aromatic rings. The van der Waals surface area contributed by atoms with Crippen LogP contribution in [-0.2, 0) is 0 Å². The maximum absolute atomic E-state index is 7.04. The molecule has 0 N–H and O–H groups in total. The Hall–Kier alpha value is -1.57. The molecule has 0 aliphatic rings. The number of fused-ring (bicyclic) bond motifs is 1. The third-order valence-corrected chi connectivity index (χ3v) is 1.72. The second-order valence-corrected chi connectivity index (χ2v) is 2.43. The topological polar surface area (TPSA) is 22.1 Å². The number of methoxy groups -OCH3 is 1. The molecular formula is C10H9NO. The smallest absolute Gasteiger partial charge is 0.128 e. The van der Waals surface area contributed by atoms with Crippen molar-refractivity contribution in [3.63, 3.8) is 0 Å². The van der Waals surface area contributed by atoms with Crippen LogP contribution in [0.15, 0.2) is 36.5 Å². The summed E-state index contributed by atoms with van der Waals surface area (Å²) in [5.74, 6) is 0.334. The first kappa shape index (κ1) is 4.45. The van der Waals surface area contributed by atoms with Crippen LogP contribution in [0.25, 0.3) is 10.9 Å². The highest BCUT2D eigenvalue weighted by Gasteiger charge is 1.98. The van der Waals surface area contributed by atoms with Crippen LogP contribution in [-0.4, -0.2) is 12.0 Å². The average Bonchev–Trinajstić information content (AvgIpc) is 2.16. The molecule has 0 aliphatic carbocycles. The lowest BCUT2D eigenvalue weighted by Crippen LogP contribution is -1.85. The standard InChI is InChI=1S/C10H9NO/c1-12-10-6-2-5-9-8(10)4-3-7-11-9/h2-7H,1H3/i1D3. The molecule has 0 fully saturated rings. The minimum Gasteiger partial charge on any atom is -0.496 e. The second-order valence-electron chi connectivity index (χ2n) is 2.43. The molecule has 0 radical (unpaired) electrons. The van der Waals surface area contributed by atoms with Crippen LogP contribution >= 0.6 is 0 Å². The van der Waals surface area contributed by atoms with Crippen molar-refractivity contribution in [2.24, 2.45) is 0 Å². The molecule has 0 unspecified atom stereocenters. The van der Waals surface area contributed by atoms with Gasteiger partial charge in [0, 0.05) is 11.6 Å². The minimum absolute atomic E-state index is 0.334. The van der Waals surface area contributed by atoms with Crippen LogP contribution < -0.4 is 4.74 Å². The Labute approximate surface area is 75.0 Å². The van der Waals surface area contributed by atoms with Crippen molar-refractivity contribution in [1.82, 2.24) is 4.98 Å². The highest BCUT2D eigenvalue weighted by atomic mass is 16.5. The maximum Gasteiger partial charge on any atom is 0.128 e. The summed E-state index contributed by atoms with van der Waals surface area (Å²) in [6.45, 7) is 0. The zero-order valence-corrected chi connectivity index (χ0v) is 6.32. The Balaban J connectivity index is 2.52. The predicted molar refractivity (Wildman–Crippen MR) is 48.3 cm³/mol. The molecule has 0 spiro atoms. The van der Waals surface area contributed by atoms with Gasteiger partial charge < -0.3 is 4.74 Å². The lowest BCUT2D eigenvalue weighted by molar-refractivity contribution is 0.420. The molecule has 2 rings (SSSR count). The zero-order valence-electron chi connectivity index (χ0n) is 9.32. The SMILES string of the molecule is [2H]C([2H])([2H])Oc1cccc2ncccc12. The van der Waals surface area contributed by atoms with Crippen molar-refractivity contribution in [2.75, 3.05) is 7.04 Å². The van der Waals surface area contributed by atoms with E-state index < -0.39 is 7.04 Å². The Bertz CT molecular complexity index is 476. The van der Waals surface area contributed by atoms with E-state index in [1.54, 1.807) is 30.5 Å². The quantitative estimate of drug-likeness (QED) is 0.641. The number of ether oxygens (including phenoxy) is 1. The predicted octanol–water partition coefficient (Wildman–Crippen LogP) is 2.24. The van der Waals surface area contributed by atoms with Gasteiger partial charge in [-0.25, -0.2) is 0 Å². The number of aromatic nitrogens is 1. The van der Waals surface area contributed by atoms with Gasteiger partial charge in [0.1, 0.15) is 5.75 Å². The molecule has 12 heavy (non-hydrogen) atoms.